The number of thioether (sulfide) groups is 1. The van der Waals surface area contributed by atoms with Gasteiger partial charge in [-0.1, -0.05) is 26.7 Å². The van der Waals surface area contributed by atoms with E-state index >= 15 is 0 Å². The molecule has 82 valence electrons. The van der Waals surface area contributed by atoms with E-state index in [0.29, 0.717) is 0 Å². The van der Waals surface area contributed by atoms with Gasteiger partial charge >= 0.3 is 0 Å². The van der Waals surface area contributed by atoms with E-state index in [0.717, 1.165) is 23.3 Å². The first kappa shape index (κ1) is 10.8. The van der Waals surface area contributed by atoms with Gasteiger partial charge in [0.15, 0.2) is 0 Å². The summed E-state index contributed by atoms with van der Waals surface area (Å²) in [5.41, 5.74) is 0. The third kappa shape index (κ3) is 2.90. The van der Waals surface area contributed by atoms with Gasteiger partial charge in [0.05, 0.1) is 0 Å². The van der Waals surface area contributed by atoms with Crippen molar-refractivity contribution in [3.63, 3.8) is 0 Å². The van der Waals surface area contributed by atoms with Gasteiger partial charge in [-0.25, -0.2) is 0 Å². The SMILES string of the molecule is CCC(CC1CC1)NC1CCSC1C. The van der Waals surface area contributed by atoms with E-state index in [9.17, 15) is 0 Å². The molecule has 3 unspecified atom stereocenters. The van der Waals surface area contributed by atoms with Crippen LogP contribution in [-0.2, 0) is 0 Å². The highest BCUT2D eigenvalue weighted by atomic mass is 32.2. The molecule has 1 heterocycles. The summed E-state index contributed by atoms with van der Waals surface area (Å²) in [6.07, 6.45) is 7.11. The third-order valence-electron chi connectivity index (χ3n) is 3.63. The molecule has 2 heteroatoms. The Hall–Kier alpha value is 0.310. The molecule has 2 rings (SSSR count). The van der Waals surface area contributed by atoms with Crippen LogP contribution in [0, 0.1) is 5.92 Å². The Balaban J connectivity index is 1.74. The second kappa shape index (κ2) is 4.89. The molecular formula is C12H23NS. The molecule has 3 atom stereocenters. The van der Waals surface area contributed by atoms with Crippen LogP contribution in [0.4, 0.5) is 0 Å². The van der Waals surface area contributed by atoms with Gasteiger partial charge in [0, 0.05) is 17.3 Å². The molecule has 1 saturated carbocycles. The highest BCUT2D eigenvalue weighted by Crippen LogP contribution is 2.35. The molecule has 1 aliphatic heterocycles. The molecule has 1 saturated heterocycles. The van der Waals surface area contributed by atoms with Crippen molar-refractivity contribution in [3.8, 4) is 0 Å². The van der Waals surface area contributed by atoms with Crippen LogP contribution in [0.15, 0.2) is 0 Å². The van der Waals surface area contributed by atoms with Crippen LogP contribution in [0.5, 0.6) is 0 Å². The summed E-state index contributed by atoms with van der Waals surface area (Å²) < 4.78 is 0. The maximum Gasteiger partial charge on any atom is 0.0194 e. The Kier molecular flexibility index (Phi) is 3.78. The summed E-state index contributed by atoms with van der Waals surface area (Å²) >= 11 is 2.13. The molecule has 14 heavy (non-hydrogen) atoms. The average molecular weight is 213 g/mol. The molecule has 0 spiro atoms. The van der Waals surface area contributed by atoms with Gasteiger partial charge in [-0.3, -0.25) is 0 Å². The zero-order chi connectivity index (χ0) is 9.97. The molecule has 1 aliphatic carbocycles. The minimum absolute atomic E-state index is 0.795. The summed E-state index contributed by atoms with van der Waals surface area (Å²) in [4.78, 5) is 0. The maximum atomic E-state index is 3.87. The quantitative estimate of drug-likeness (QED) is 0.753. The van der Waals surface area contributed by atoms with Crippen LogP contribution in [0.3, 0.4) is 0 Å². The van der Waals surface area contributed by atoms with Crippen molar-refractivity contribution in [3.05, 3.63) is 0 Å². The average Bonchev–Trinajstić information content (AvgIpc) is 2.90. The fourth-order valence-corrected chi connectivity index (χ4v) is 3.57. The lowest BCUT2D eigenvalue weighted by Crippen LogP contribution is -2.41. The number of hydrogen-bond donors (Lipinski definition) is 1. The maximum absolute atomic E-state index is 3.87. The van der Waals surface area contributed by atoms with Crippen molar-refractivity contribution < 1.29 is 0 Å². The third-order valence-corrected chi connectivity index (χ3v) is 4.96. The Morgan fingerprint density at radius 3 is 2.64 bits per heavy atom. The van der Waals surface area contributed by atoms with E-state index in [2.05, 4.69) is 30.9 Å². The Bertz CT molecular complexity index is 179. The summed E-state index contributed by atoms with van der Waals surface area (Å²) in [6, 6.07) is 1.59. The van der Waals surface area contributed by atoms with Crippen molar-refractivity contribution in [1.82, 2.24) is 5.32 Å². The normalized spacial score (nSPS) is 34.7. The monoisotopic (exact) mass is 213 g/mol. The molecule has 0 aromatic carbocycles. The fourth-order valence-electron chi connectivity index (χ4n) is 2.36. The molecule has 0 bridgehead atoms. The first-order chi connectivity index (χ1) is 6.79. The van der Waals surface area contributed by atoms with Gasteiger partial charge < -0.3 is 5.32 Å². The molecule has 0 radical (unpaired) electrons. The van der Waals surface area contributed by atoms with Gasteiger partial charge in [-0.2, -0.15) is 11.8 Å². The highest BCUT2D eigenvalue weighted by Gasteiger charge is 2.29. The zero-order valence-electron chi connectivity index (χ0n) is 9.46. The second-order valence-electron chi connectivity index (χ2n) is 4.92. The summed E-state index contributed by atoms with van der Waals surface area (Å²) in [7, 11) is 0. The molecule has 1 N–H and O–H groups in total. The highest BCUT2D eigenvalue weighted by molar-refractivity contribution is 8.00. The first-order valence-electron chi connectivity index (χ1n) is 6.17. The summed E-state index contributed by atoms with van der Waals surface area (Å²) in [5.74, 6) is 2.43. The number of nitrogens with one attached hydrogen (secondary N) is 1. The van der Waals surface area contributed by atoms with Crippen molar-refractivity contribution in [2.45, 2.75) is 63.3 Å². The van der Waals surface area contributed by atoms with Crippen LogP contribution in [-0.4, -0.2) is 23.1 Å². The van der Waals surface area contributed by atoms with Crippen LogP contribution in [0.1, 0.15) is 46.0 Å². The molecular weight excluding hydrogens is 190 g/mol. The van der Waals surface area contributed by atoms with Gasteiger partial charge in [0.2, 0.25) is 0 Å². The molecule has 2 aliphatic rings. The minimum Gasteiger partial charge on any atom is -0.310 e. The number of rotatable bonds is 5. The van der Waals surface area contributed by atoms with Crippen molar-refractivity contribution in [1.29, 1.82) is 0 Å². The van der Waals surface area contributed by atoms with Crippen molar-refractivity contribution in [2.75, 3.05) is 5.75 Å². The van der Waals surface area contributed by atoms with E-state index in [4.69, 9.17) is 0 Å². The topological polar surface area (TPSA) is 12.0 Å². The van der Waals surface area contributed by atoms with E-state index in [1.54, 1.807) is 0 Å². The molecule has 0 aromatic heterocycles. The minimum atomic E-state index is 0.795. The summed E-state index contributed by atoms with van der Waals surface area (Å²) in [6.45, 7) is 4.70. The Labute approximate surface area is 92.4 Å². The largest absolute Gasteiger partial charge is 0.310 e. The summed E-state index contributed by atoms with van der Waals surface area (Å²) in [5, 5.41) is 4.70. The standard InChI is InChI=1S/C12H23NS/c1-3-11(8-10-4-5-10)13-12-6-7-14-9(12)2/h9-13H,3-8H2,1-2H3. The van der Waals surface area contributed by atoms with Crippen molar-refractivity contribution in [2.24, 2.45) is 5.92 Å². The van der Waals surface area contributed by atoms with Crippen LogP contribution < -0.4 is 5.32 Å². The first-order valence-corrected chi connectivity index (χ1v) is 7.22. The number of hydrogen-bond acceptors (Lipinski definition) is 2. The van der Waals surface area contributed by atoms with Gasteiger partial charge in [0.1, 0.15) is 0 Å². The molecule has 2 fully saturated rings. The van der Waals surface area contributed by atoms with Gasteiger partial charge in [-0.05, 0) is 30.9 Å². The molecule has 0 amide bonds. The molecule has 1 nitrogen and oxygen atoms in total. The predicted molar refractivity (Wildman–Crippen MR) is 64.9 cm³/mol. The smallest absolute Gasteiger partial charge is 0.0194 e. The van der Waals surface area contributed by atoms with Crippen molar-refractivity contribution >= 4 is 11.8 Å². The second-order valence-corrected chi connectivity index (χ2v) is 6.41. The lowest BCUT2D eigenvalue weighted by molar-refractivity contribution is 0.383. The van der Waals surface area contributed by atoms with Crippen LogP contribution >= 0.6 is 11.8 Å². The van der Waals surface area contributed by atoms with Gasteiger partial charge in [0.25, 0.3) is 0 Å². The Morgan fingerprint density at radius 1 is 1.36 bits per heavy atom. The zero-order valence-corrected chi connectivity index (χ0v) is 10.3. The van der Waals surface area contributed by atoms with Crippen LogP contribution in [0.2, 0.25) is 0 Å². The predicted octanol–water partition coefficient (Wildman–Crippen LogP) is 3.05. The van der Waals surface area contributed by atoms with E-state index in [-0.39, 0.29) is 0 Å². The van der Waals surface area contributed by atoms with Crippen LogP contribution in [0.25, 0.3) is 0 Å². The molecule has 0 aromatic rings. The lowest BCUT2D eigenvalue weighted by Gasteiger charge is -2.24. The van der Waals surface area contributed by atoms with E-state index in [1.165, 1.54) is 37.9 Å². The Morgan fingerprint density at radius 2 is 2.14 bits per heavy atom. The van der Waals surface area contributed by atoms with Gasteiger partial charge in [-0.15, -0.1) is 0 Å². The lowest BCUT2D eigenvalue weighted by atomic mass is 10.0. The fraction of sp³-hybridized carbons (Fsp3) is 1.00. The van der Waals surface area contributed by atoms with E-state index in [1.807, 2.05) is 0 Å². The van der Waals surface area contributed by atoms with E-state index < -0.39 is 0 Å².